The molecule has 6 heteroatoms. The number of nitrogens with zero attached hydrogens (tertiary/aromatic N) is 1. The van der Waals surface area contributed by atoms with E-state index in [0.717, 1.165) is 11.3 Å². The van der Waals surface area contributed by atoms with Gasteiger partial charge in [-0.1, -0.05) is 18.2 Å². The van der Waals surface area contributed by atoms with Gasteiger partial charge in [-0.25, -0.2) is 4.79 Å². The number of halogens is 1. The number of rotatable bonds is 7. The van der Waals surface area contributed by atoms with Crippen LogP contribution in [-0.4, -0.2) is 30.5 Å². The van der Waals surface area contributed by atoms with Crippen molar-refractivity contribution < 1.29 is 19.4 Å². The molecule has 2 rings (SSSR count). The molecule has 0 heterocycles. The van der Waals surface area contributed by atoms with Crippen LogP contribution < -0.4 is 9.47 Å². The summed E-state index contributed by atoms with van der Waals surface area (Å²) in [6.45, 7) is 1.85. The van der Waals surface area contributed by atoms with Gasteiger partial charge in [0, 0.05) is 6.21 Å². The number of carboxylic acids is 1. The molecule has 0 aliphatic carbocycles. The maximum atomic E-state index is 10.7. The molecule has 0 amide bonds. The van der Waals surface area contributed by atoms with Crippen molar-refractivity contribution in [1.29, 1.82) is 0 Å². The van der Waals surface area contributed by atoms with Crippen LogP contribution >= 0.6 is 15.9 Å². The number of aliphatic imine (C=N–C) groups is 1. The zero-order chi connectivity index (χ0) is 16.7. The average molecular weight is 378 g/mol. The first kappa shape index (κ1) is 17.0. The summed E-state index contributed by atoms with van der Waals surface area (Å²) in [4.78, 5) is 15.1. The Morgan fingerprint density at radius 1 is 1.26 bits per heavy atom. The lowest BCUT2D eigenvalue weighted by Gasteiger charge is -2.13. The van der Waals surface area contributed by atoms with Gasteiger partial charge in [0.15, 0.2) is 18.1 Å². The third kappa shape index (κ3) is 5.10. The number of ether oxygens (including phenoxy) is 2. The maximum absolute atomic E-state index is 10.7. The molecule has 0 fully saturated rings. The molecule has 0 aliphatic heterocycles. The molecule has 0 aromatic heterocycles. The number of hydrogen-bond donors (Lipinski definition) is 1. The molecule has 120 valence electrons. The van der Waals surface area contributed by atoms with Gasteiger partial charge in [0.05, 0.1) is 16.8 Å². The number of aliphatic carboxylic acids is 1. The molecule has 0 atom stereocenters. The summed E-state index contributed by atoms with van der Waals surface area (Å²) < 4.78 is 11.4. The van der Waals surface area contributed by atoms with Crippen LogP contribution in [0.5, 0.6) is 11.5 Å². The van der Waals surface area contributed by atoms with E-state index < -0.39 is 12.6 Å². The summed E-state index contributed by atoms with van der Waals surface area (Å²) in [5.41, 5.74) is 1.65. The first-order valence-electron chi connectivity index (χ1n) is 7.00. The number of hydrogen-bond acceptors (Lipinski definition) is 4. The van der Waals surface area contributed by atoms with Gasteiger partial charge in [-0.05, 0) is 52.7 Å². The summed E-state index contributed by atoms with van der Waals surface area (Å²) >= 11 is 3.38. The molecular weight excluding hydrogens is 362 g/mol. The van der Waals surface area contributed by atoms with Crippen molar-refractivity contribution in [2.24, 2.45) is 4.99 Å². The van der Waals surface area contributed by atoms with Crippen molar-refractivity contribution in [3.8, 4) is 11.5 Å². The topological polar surface area (TPSA) is 68.1 Å². The highest BCUT2D eigenvalue weighted by atomic mass is 79.9. The summed E-state index contributed by atoms with van der Waals surface area (Å²) in [6.07, 6.45) is 1.71. The zero-order valence-electron chi connectivity index (χ0n) is 12.5. The standard InChI is InChI=1S/C17H16BrNO4/c1-2-22-15-9-12(10-19-13-6-4-3-5-7-13)8-14(18)17(15)23-11-16(20)21/h3-10H,2,11H2,1H3,(H,20,21). The van der Waals surface area contributed by atoms with Gasteiger partial charge in [0.25, 0.3) is 0 Å². The largest absolute Gasteiger partial charge is 0.490 e. The molecule has 5 nitrogen and oxygen atoms in total. The van der Waals surface area contributed by atoms with Crippen LogP contribution in [0.15, 0.2) is 51.9 Å². The molecule has 1 N–H and O–H groups in total. The Bertz CT molecular complexity index is 701. The zero-order valence-corrected chi connectivity index (χ0v) is 14.1. The monoisotopic (exact) mass is 377 g/mol. The quantitative estimate of drug-likeness (QED) is 0.738. The third-order valence-electron chi connectivity index (χ3n) is 2.79. The van der Waals surface area contributed by atoms with Crippen LogP contribution in [0.4, 0.5) is 5.69 Å². The summed E-state index contributed by atoms with van der Waals surface area (Å²) in [5, 5.41) is 8.75. The fourth-order valence-electron chi connectivity index (χ4n) is 1.86. The number of carbonyl (C=O) groups is 1. The van der Waals surface area contributed by atoms with Gasteiger partial charge in [-0.15, -0.1) is 0 Å². The number of carboxylic acid groups (broad SMARTS) is 1. The lowest BCUT2D eigenvalue weighted by molar-refractivity contribution is -0.139. The van der Waals surface area contributed by atoms with Gasteiger partial charge in [0.1, 0.15) is 0 Å². The minimum absolute atomic E-state index is 0.367. The second-order valence-corrected chi connectivity index (χ2v) is 5.39. The highest BCUT2D eigenvalue weighted by Gasteiger charge is 2.13. The van der Waals surface area contributed by atoms with Crippen LogP contribution in [0.1, 0.15) is 12.5 Å². The van der Waals surface area contributed by atoms with E-state index in [9.17, 15) is 4.79 Å². The van der Waals surface area contributed by atoms with E-state index in [0.29, 0.717) is 22.6 Å². The van der Waals surface area contributed by atoms with Crippen LogP contribution in [0.2, 0.25) is 0 Å². The van der Waals surface area contributed by atoms with Gasteiger partial charge in [-0.3, -0.25) is 4.99 Å². The molecule has 0 saturated carbocycles. The average Bonchev–Trinajstić information content (AvgIpc) is 2.53. The van der Waals surface area contributed by atoms with Gasteiger partial charge < -0.3 is 14.6 Å². The fourth-order valence-corrected chi connectivity index (χ4v) is 2.44. The lowest BCUT2D eigenvalue weighted by atomic mass is 10.2. The van der Waals surface area contributed by atoms with E-state index in [4.69, 9.17) is 14.6 Å². The minimum atomic E-state index is -1.05. The van der Waals surface area contributed by atoms with Crippen molar-refractivity contribution in [3.63, 3.8) is 0 Å². The van der Waals surface area contributed by atoms with Crippen molar-refractivity contribution in [2.45, 2.75) is 6.92 Å². The van der Waals surface area contributed by atoms with E-state index in [-0.39, 0.29) is 0 Å². The molecular formula is C17H16BrNO4. The molecule has 2 aromatic rings. The SMILES string of the molecule is CCOc1cc(C=Nc2ccccc2)cc(Br)c1OCC(=O)O. The van der Waals surface area contributed by atoms with Crippen molar-refractivity contribution >= 4 is 33.8 Å². The Morgan fingerprint density at radius 3 is 2.65 bits per heavy atom. The van der Waals surface area contributed by atoms with Crippen LogP contribution in [0, 0.1) is 0 Å². The lowest BCUT2D eigenvalue weighted by Crippen LogP contribution is -2.11. The molecule has 2 aromatic carbocycles. The summed E-state index contributed by atoms with van der Waals surface area (Å²) in [7, 11) is 0. The molecule has 0 radical (unpaired) electrons. The van der Waals surface area contributed by atoms with Crippen molar-refractivity contribution in [1.82, 2.24) is 0 Å². The normalized spacial score (nSPS) is 10.7. The van der Waals surface area contributed by atoms with E-state index in [1.54, 1.807) is 18.3 Å². The van der Waals surface area contributed by atoms with Crippen molar-refractivity contribution in [2.75, 3.05) is 13.2 Å². The first-order chi connectivity index (χ1) is 11.1. The van der Waals surface area contributed by atoms with E-state index in [2.05, 4.69) is 20.9 Å². The Kier molecular flexibility index (Phi) is 6.17. The van der Waals surface area contributed by atoms with Crippen LogP contribution in [0.3, 0.4) is 0 Å². The Balaban J connectivity index is 2.28. The van der Waals surface area contributed by atoms with E-state index in [1.807, 2.05) is 37.3 Å². The Labute approximate surface area is 142 Å². The molecule has 23 heavy (non-hydrogen) atoms. The summed E-state index contributed by atoms with van der Waals surface area (Å²) in [6, 6.07) is 13.1. The molecule has 0 unspecified atom stereocenters. The Hall–Kier alpha value is -2.34. The predicted octanol–water partition coefficient (Wildman–Crippen LogP) is 4.06. The smallest absolute Gasteiger partial charge is 0.341 e. The summed E-state index contributed by atoms with van der Waals surface area (Å²) in [5.74, 6) is -0.210. The molecule has 0 bridgehead atoms. The second kappa shape index (κ2) is 8.33. The van der Waals surface area contributed by atoms with Gasteiger partial charge in [-0.2, -0.15) is 0 Å². The molecule has 0 aliphatic rings. The maximum Gasteiger partial charge on any atom is 0.341 e. The second-order valence-electron chi connectivity index (χ2n) is 4.54. The highest BCUT2D eigenvalue weighted by molar-refractivity contribution is 9.10. The van der Waals surface area contributed by atoms with Crippen LogP contribution in [-0.2, 0) is 4.79 Å². The van der Waals surface area contributed by atoms with Gasteiger partial charge >= 0.3 is 5.97 Å². The third-order valence-corrected chi connectivity index (χ3v) is 3.38. The van der Waals surface area contributed by atoms with E-state index in [1.165, 1.54) is 0 Å². The van der Waals surface area contributed by atoms with Crippen LogP contribution in [0.25, 0.3) is 0 Å². The van der Waals surface area contributed by atoms with Gasteiger partial charge in [0.2, 0.25) is 0 Å². The fraction of sp³-hybridized carbons (Fsp3) is 0.176. The molecule has 0 saturated heterocycles. The predicted molar refractivity (Wildman–Crippen MR) is 92.1 cm³/mol. The first-order valence-corrected chi connectivity index (χ1v) is 7.79. The highest BCUT2D eigenvalue weighted by Crippen LogP contribution is 2.36. The Morgan fingerprint density at radius 2 is 2.00 bits per heavy atom. The van der Waals surface area contributed by atoms with Crippen molar-refractivity contribution in [3.05, 3.63) is 52.5 Å². The minimum Gasteiger partial charge on any atom is -0.490 e. The molecule has 0 spiro atoms. The number of benzene rings is 2. The number of para-hydroxylation sites is 1. The van der Waals surface area contributed by atoms with E-state index >= 15 is 0 Å².